The molecule has 8 rings (SSSR count). The molecule has 1 spiro atoms. The Bertz CT molecular complexity index is 1290. The van der Waals surface area contributed by atoms with E-state index in [0.29, 0.717) is 48.3 Å². The second-order valence-electron chi connectivity index (χ2n) is 17.9. The highest BCUT2D eigenvalue weighted by molar-refractivity contribution is 5.28. The van der Waals surface area contributed by atoms with Crippen LogP contribution in [0, 0.1) is 46.3 Å². The Hall–Kier alpha value is -0.740. The van der Waals surface area contributed by atoms with Crippen LogP contribution in [0.1, 0.15) is 86.0 Å². The predicted molar refractivity (Wildman–Crippen MR) is 177 cm³/mol. The monoisotopic (exact) mass is 708 g/mol. The van der Waals surface area contributed by atoms with Crippen molar-refractivity contribution < 1.29 is 59.1 Å². The Balaban J connectivity index is 1.04. The number of allylic oxidation sites excluding steroid dienone is 1. The van der Waals surface area contributed by atoms with Crippen LogP contribution in [0.25, 0.3) is 0 Å². The highest BCUT2D eigenvalue weighted by atomic mass is 16.8. The standard InChI is InChI=1S/C38H60O12/c1-17-8-11-38(46-15-17)18(2)28-26(50-38)14-24-22-7-6-20-12-21(39)13-27(37(20,5)23(22)9-10-36(24,28)4)48-35-33(30(42)25(40)16-45-35)49-34-32(44)31(43)29(41)19(3)47-34/h6,17-19,21-35,39-44H,7-16H2,1-5H3/t17-,18-,19-,21+,22-,23-,24-,25+,26-,27+,28-,29-,30+,31+,32-,33+,34-,35+,36+,37+,38+/m0/s1. The molecular formula is C38H60O12. The zero-order valence-electron chi connectivity index (χ0n) is 30.2. The van der Waals surface area contributed by atoms with E-state index in [0.717, 1.165) is 45.1 Å². The third kappa shape index (κ3) is 5.45. The molecule has 6 N–H and O–H groups in total. The average Bonchev–Trinajstić information content (AvgIpc) is 3.53. The molecule has 4 heterocycles. The molecule has 0 aromatic rings. The van der Waals surface area contributed by atoms with Crippen LogP contribution >= 0.6 is 0 Å². The van der Waals surface area contributed by atoms with Crippen molar-refractivity contribution in [3.8, 4) is 0 Å². The predicted octanol–water partition coefficient (Wildman–Crippen LogP) is 2.00. The minimum Gasteiger partial charge on any atom is -0.393 e. The van der Waals surface area contributed by atoms with E-state index >= 15 is 0 Å². The molecule has 8 aliphatic rings. The molecule has 3 saturated carbocycles. The molecule has 12 nitrogen and oxygen atoms in total. The maximum absolute atomic E-state index is 11.1. The Kier molecular flexibility index (Phi) is 9.38. The molecule has 4 aliphatic carbocycles. The maximum Gasteiger partial charge on any atom is 0.187 e. The maximum atomic E-state index is 11.1. The summed E-state index contributed by atoms with van der Waals surface area (Å²) in [5.41, 5.74) is 0.917. The van der Waals surface area contributed by atoms with E-state index in [2.05, 4.69) is 33.8 Å². The highest BCUT2D eigenvalue weighted by Crippen LogP contribution is 2.71. The normalized spacial score (nSPS) is 59.3. The van der Waals surface area contributed by atoms with Crippen molar-refractivity contribution in [2.24, 2.45) is 46.3 Å². The highest BCUT2D eigenvalue weighted by Gasteiger charge is 2.69. The van der Waals surface area contributed by atoms with Gasteiger partial charge in [-0.2, -0.15) is 0 Å². The summed E-state index contributed by atoms with van der Waals surface area (Å²) >= 11 is 0. The van der Waals surface area contributed by atoms with E-state index in [1.54, 1.807) is 6.92 Å². The third-order valence-corrected chi connectivity index (χ3v) is 15.2. The molecule has 4 saturated heterocycles. The van der Waals surface area contributed by atoms with Gasteiger partial charge in [-0.25, -0.2) is 0 Å². The molecule has 284 valence electrons. The molecule has 0 aromatic heterocycles. The van der Waals surface area contributed by atoms with Crippen molar-refractivity contribution >= 4 is 0 Å². The first-order valence-corrected chi connectivity index (χ1v) is 19.4. The number of rotatable bonds is 4. The van der Waals surface area contributed by atoms with Gasteiger partial charge in [-0.1, -0.05) is 39.3 Å². The van der Waals surface area contributed by atoms with Crippen LogP contribution in [0.2, 0.25) is 0 Å². The fraction of sp³-hybridized carbons (Fsp3) is 0.947. The lowest BCUT2D eigenvalue weighted by Gasteiger charge is -2.60. The summed E-state index contributed by atoms with van der Waals surface area (Å²) in [6, 6.07) is 0. The Morgan fingerprint density at radius 3 is 2.34 bits per heavy atom. The van der Waals surface area contributed by atoms with Gasteiger partial charge in [0.25, 0.3) is 0 Å². The molecule has 0 radical (unpaired) electrons. The van der Waals surface area contributed by atoms with Gasteiger partial charge in [-0.15, -0.1) is 0 Å². The number of hydrogen-bond acceptors (Lipinski definition) is 12. The summed E-state index contributed by atoms with van der Waals surface area (Å²) < 4.78 is 38.0. The van der Waals surface area contributed by atoms with Gasteiger partial charge in [0.15, 0.2) is 18.4 Å². The van der Waals surface area contributed by atoms with Gasteiger partial charge in [0, 0.05) is 24.2 Å². The van der Waals surface area contributed by atoms with Gasteiger partial charge < -0.3 is 59.1 Å². The Morgan fingerprint density at radius 1 is 0.820 bits per heavy atom. The van der Waals surface area contributed by atoms with Gasteiger partial charge in [-0.05, 0) is 80.5 Å². The van der Waals surface area contributed by atoms with Crippen LogP contribution in [0.3, 0.4) is 0 Å². The van der Waals surface area contributed by atoms with E-state index in [-0.39, 0.29) is 18.1 Å². The lowest BCUT2D eigenvalue weighted by molar-refractivity contribution is -0.362. The SMILES string of the molecule is C[C@H]1CC[C@@]2(OC1)O[C@H]1C[C@H]3[C@H]4CC=C5C[C@@H](O)C[C@@H](O[C@H]6OC[C@@H](O)[C@@H](O)[C@H]6O[C@@H]6O[C@@H](C)[C@H](O)[C@@H](O)[C@@H]6O)[C@@]5(C)[C@H]4CC[C@@]3(C)[C@H]1[C@@H]2C. The van der Waals surface area contributed by atoms with Crippen LogP contribution in [-0.2, 0) is 28.4 Å². The molecule has 0 unspecified atom stereocenters. The second kappa shape index (κ2) is 12.9. The smallest absolute Gasteiger partial charge is 0.187 e. The zero-order valence-corrected chi connectivity index (χ0v) is 30.2. The molecule has 21 atom stereocenters. The van der Waals surface area contributed by atoms with E-state index in [4.69, 9.17) is 28.4 Å². The molecule has 12 heteroatoms. The molecule has 0 bridgehead atoms. The van der Waals surface area contributed by atoms with E-state index in [1.807, 2.05) is 0 Å². The minimum atomic E-state index is -1.60. The van der Waals surface area contributed by atoms with Crippen molar-refractivity contribution in [2.75, 3.05) is 13.2 Å². The summed E-state index contributed by atoms with van der Waals surface area (Å²) in [6.07, 6.45) is -3.26. The van der Waals surface area contributed by atoms with E-state index in [9.17, 15) is 30.6 Å². The summed E-state index contributed by atoms with van der Waals surface area (Å²) in [5, 5.41) is 64.1. The molecule has 7 fully saturated rings. The summed E-state index contributed by atoms with van der Waals surface area (Å²) in [5.74, 6) is 2.08. The first-order valence-electron chi connectivity index (χ1n) is 19.4. The van der Waals surface area contributed by atoms with Gasteiger partial charge in [0.05, 0.1) is 37.6 Å². The number of aliphatic hydroxyl groups is 6. The zero-order chi connectivity index (χ0) is 35.5. The quantitative estimate of drug-likeness (QED) is 0.235. The topological polar surface area (TPSA) is 177 Å². The summed E-state index contributed by atoms with van der Waals surface area (Å²) in [7, 11) is 0. The molecule has 0 amide bonds. The van der Waals surface area contributed by atoms with Crippen molar-refractivity contribution in [1.82, 2.24) is 0 Å². The summed E-state index contributed by atoms with van der Waals surface area (Å²) in [6.45, 7) is 11.5. The lowest BCUT2D eigenvalue weighted by atomic mass is 9.46. The van der Waals surface area contributed by atoms with Crippen LogP contribution in [0.5, 0.6) is 0 Å². The first-order chi connectivity index (χ1) is 23.7. The lowest BCUT2D eigenvalue weighted by Crippen LogP contribution is -2.63. The van der Waals surface area contributed by atoms with Gasteiger partial charge >= 0.3 is 0 Å². The minimum absolute atomic E-state index is 0.134. The van der Waals surface area contributed by atoms with Crippen LogP contribution in [-0.4, -0.2) is 123 Å². The van der Waals surface area contributed by atoms with E-state index in [1.165, 1.54) is 5.57 Å². The van der Waals surface area contributed by atoms with Crippen LogP contribution in [0.4, 0.5) is 0 Å². The molecule has 4 aliphatic heterocycles. The van der Waals surface area contributed by atoms with E-state index < -0.39 is 78.7 Å². The molecule has 50 heavy (non-hydrogen) atoms. The number of aliphatic hydroxyl groups excluding tert-OH is 6. The largest absolute Gasteiger partial charge is 0.393 e. The molecular weight excluding hydrogens is 648 g/mol. The average molecular weight is 709 g/mol. The van der Waals surface area contributed by atoms with Crippen LogP contribution in [0.15, 0.2) is 11.6 Å². The molecule has 0 aromatic carbocycles. The Labute approximate surface area is 295 Å². The van der Waals surface area contributed by atoms with Gasteiger partial charge in [0.2, 0.25) is 0 Å². The van der Waals surface area contributed by atoms with Crippen molar-refractivity contribution in [1.29, 1.82) is 0 Å². The van der Waals surface area contributed by atoms with Crippen LogP contribution < -0.4 is 0 Å². The van der Waals surface area contributed by atoms with Gasteiger partial charge in [-0.3, -0.25) is 0 Å². The number of ether oxygens (including phenoxy) is 6. The third-order valence-electron chi connectivity index (χ3n) is 15.2. The summed E-state index contributed by atoms with van der Waals surface area (Å²) in [4.78, 5) is 0. The van der Waals surface area contributed by atoms with Crippen molar-refractivity contribution in [2.45, 2.75) is 165 Å². The van der Waals surface area contributed by atoms with Gasteiger partial charge in [0.1, 0.15) is 36.6 Å². The van der Waals surface area contributed by atoms with Crippen molar-refractivity contribution in [3.63, 3.8) is 0 Å². The number of hydrogen-bond donors (Lipinski definition) is 6. The fourth-order valence-corrected chi connectivity index (χ4v) is 12.4. The number of fused-ring (bicyclic) bond motifs is 7. The first kappa shape index (κ1) is 36.2. The second-order valence-corrected chi connectivity index (χ2v) is 17.9. The van der Waals surface area contributed by atoms with Crippen molar-refractivity contribution in [3.05, 3.63) is 11.6 Å². The fourth-order valence-electron chi connectivity index (χ4n) is 12.4. The Morgan fingerprint density at radius 2 is 1.60 bits per heavy atom.